The van der Waals surface area contributed by atoms with Gasteiger partial charge in [0.2, 0.25) is 5.91 Å². The number of amides is 1. The molecule has 0 fully saturated rings. The zero-order valence-corrected chi connectivity index (χ0v) is 15.7. The summed E-state index contributed by atoms with van der Waals surface area (Å²) < 4.78 is 18.4. The molecule has 0 aliphatic heterocycles. The Morgan fingerprint density at radius 3 is 2.59 bits per heavy atom. The molecule has 0 saturated heterocycles. The number of aryl methyl sites for hydroxylation is 2. The first kappa shape index (κ1) is 18.6. The van der Waals surface area contributed by atoms with E-state index in [4.69, 9.17) is 4.74 Å². The fraction of sp³-hybridized carbons (Fsp3) is 0.238. The second kappa shape index (κ2) is 7.23. The van der Waals surface area contributed by atoms with Crippen LogP contribution in [0.25, 0.3) is 10.9 Å². The van der Waals surface area contributed by atoms with E-state index in [1.807, 2.05) is 20.8 Å². The van der Waals surface area contributed by atoms with Gasteiger partial charge in [0.05, 0.1) is 19.1 Å². The highest BCUT2D eigenvalue weighted by Gasteiger charge is 2.16. The molecule has 0 aliphatic carbocycles. The number of aromatic nitrogens is 1. The predicted octanol–water partition coefficient (Wildman–Crippen LogP) is 4.20. The van der Waals surface area contributed by atoms with Gasteiger partial charge < -0.3 is 15.0 Å². The van der Waals surface area contributed by atoms with E-state index in [1.165, 1.54) is 19.2 Å². The molecule has 0 atom stereocenters. The molecule has 0 radical (unpaired) electrons. The first-order valence-electron chi connectivity index (χ1n) is 8.56. The summed E-state index contributed by atoms with van der Waals surface area (Å²) in [5.41, 5.74) is 4.97. The maximum absolute atomic E-state index is 13.6. The second-order valence-electron chi connectivity index (χ2n) is 6.60. The van der Waals surface area contributed by atoms with Crippen LogP contribution in [-0.4, -0.2) is 24.0 Å². The summed E-state index contributed by atoms with van der Waals surface area (Å²) in [5, 5.41) is 3.51. The molecule has 140 valence electrons. The smallest absolute Gasteiger partial charge is 0.338 e. The van der Waals surface area contributed by atoms with Crippen molar-refractivity contribution in [3.8, 4) is 0 Å². The van der Waals surface area contributed by atoms with E-state index < -0.39 is 5.97 Å². The van der Waals surface area contributed by atoms with Crippen molar-refractivity contribution in [3.63, 3.8) is 0 Å². The monoisotopic (exact) mass is 368 g/mol. The molecule has 2 aromatic carbocycles. The van der Waals surface area contributed by atoms with Crippen LogP contribution < -0.4 is 5.32 Å². The number of ether oxygens (including phenoxy) is 1. The summed E-state index contributed by atoms with van der Waals surface area (Å²) in [7, 11) is 1.32. The molecular formula is C21H21FN2O3. The Kier molecular flexibility index (Phi) is 4.99. The number of esters is 1. The van der Waals surface area contributed by atoms with Gasteiger partial charge in [0, 0.05) is 22.3 Å². The maximum atomic E-state index is 13.6. The average Bonchev–Trinajstić information content (AvgIpc) is 2.92. The SMILES string of the molecule is COC(=O)c1cc(NC(=O)Cc2c(C)[nH]c3ccc(F)cc23)cc(C)c1C. The van der Waals surface area contributed by atoms with Crippen LogP contribution in [0, 0.1) is 26.6 Å². The summed E-state index contributed by atoms with van der Waals surface area (Å²) in [5.74, 6) is -1.04. The Balaban J connectivity index is 1.87. The van der Waals surface area contributed by atoms with Crippen molar-refractivity contribution in [2.75, 3.05) is 12.4 Å². The average molecular weight is 368 g/mol. The van der Waals surface area contributed by atoms with E-state index >= 15 is 0 Å². The van der Waals surface area contributed by atoms with Crippen LogP contribution in [0.3, 0.4) is 0 Å². The van der Waals surface area contributed by atoms with E-state index in [0.717, 1.165) is 27.9 Å². The molecule has 1 heterocycles. The zero-order chi connectivity index (χ0) is 19.7. The minimum atomic E-state index is -0.449. The van der Waals surface area contributed by atoms with E-state index in [9.17, 15) is 14.0 Å². The van der Waals surface area contributed by atoms with Crippen molar-refractivity contribution in [1.29, 1.82) is 0 Å². The standard InChI is InChI=1S/C21H21FN2O3/c1-11-7-15(9-16(12(11)2)21(26)27-4)24-20(25)10-17-13(3)23-19-6-5-14(22)8-18(17)19/h5-9,23H,10H2,1-4H3,(H,24,25). The van der Waals surface area contributed by atoms with Crippen LogP contribution in [-0.2, 0) is 16.0 Å². The molecule has 0 spiro atoms. The number of anilines is 1. The molecule has 0 unspecified atom stereocenters. The minimum absolute atomic E-state index is 0.0930. The van der Waals surface area contributed by atoms with Gasteiger partial charge in [0.25, 0.3) is 0 Å². The van der Waals surface area contributed by atoms with E-state index in [2.05, 4.69) is 10.3 Å². The number of fused-ring (bicyclic) bond motifs is 1. The Bertz CT molecular complexity index is 1050. The summed E-state index contributed by atoms with van der Waals surface area (Å²) in [6, 6.07) is 7.87. The largest absolute Gasteiger partial charge is 0.465 e. The molecule has 27 heavy (non-hydrogen) atoms. The zero-order valence-electron chi connectivity index (χ0n) is 15.7. The Morgan fingerprint density at radius 1 is 1.15 bits per heavy atom. The fourth-order valence-electron chi connectivity index (χ4n) is 3.20. The van der Waals surface area contributed by atoms with Gasteiger partial charge in [-0.2, -0.15) is 0 Å². The van der Waals surface area contributed by atoms with Crippen molar-refractivity contribution in [1.82, 2.24) is 4.98 Å². The van der Waals surface area contributed by atoms with Gasteiger partial charge in [-0.3, -0.25) is 4.79 Å². The first-order chi connectivity index (χ1) is 12.8. The van der Waals surface area contributed by atoms with E-state index in [-0.39, 0.29) is 18.1 Å². The third kappa shape index (κ3) is 3.69. The molecule has 0 bridgehead atoms. The number of carbonyl (C=O) groups is 2. The minimum Gasteiger partial charge on any atom is -0.465 e. The normalized spacial score (nSPS) is 10.9. The van der Waals surface area contributed by atoms with Gasteiger partial charge >= 0.3 is 5.97 Å². The van der Waals surface area contributed by atoms with Gasteiger partial charge in [0.1, 0.15) is 5.82 Å². The molecule has 3 rings (SSSR count). The van der Waals surface area contributed by atoms with E-state index in [1.54, 1.807) is 18.2 Å². The van der Waals surface area contributed by atoms with Crippen molar-refractivity contribution < 1.29 is 18.7 Å². The summed E-state index contributed by atoms with van der Waals surface area (Å²) in [4.78, 5) is 27.7. The molecule has 2 N–H and O–H groups in total. The predicted molar refractivity (Wildman–Crippen MR) is 103 cm³/mol. The number of benzene rings is 2. The highest BCUT2D eigenvalue weighted by Crippen LogP contribution is 2.25. The number of carbonyl (C=O) groups excluding carboxylic acids is 2. The molecule has 1 amide bonds. The quantitative estimate of drug-likeness (QED) is 0.678. The number of rotatable bonds is 4. The van der Waals surface area contributed by atoms with E-state index in [0.29, 0.717) is 16.6 Å². The molecular weight excluding hydrogens is 347 g/mol. The molecule has 6 heteroatoms. The lowest BCUT2D eigenvalue weighted by atomic mass is 10.0. The maximum Gasteiger partial charge on any atom is 0.338 e. The van der Waals surface area contributed by atoms with Crippen molar-refractivity contribution in [3.05, 3.63) is 64.1 Å². The number of H-pyrrole nitrogens is 1. The van der Waals surface area contributed by atoms with Crippen molar-refractivity contribution in [2.24, 2.45) is 0 Å². The Hall–Kier alpha value is -3.15. The number of methoxy groups -OCH3 is 1. The van der Waals surface area contributed by atoms with Gasteiger partial charge in [-0.15, -0.1) is 0 Å². The van der Waals surface area contributed by atoms with Crippen LogP contribution >= 0.6 is 0 Å². The van der Waals surface area contributed by atoms with Crippen LogP contribution in [0.5, 0.6) is 0 Å². The van der Waals surface area contributed by atoms with Crippen molar-refractivity contribution in [2.45, 2.75) is 27.2 Å². The lowest BCUT2D eigenvalue weighted by Gasteiger charge is -2.12. The number of nitrogens with one attached hydrogen (secondary N) is 2. The lowest BCUT2D eigenvalue weighted by molar-refractivity contribution is -0.115. The second-order valence-corrected chi connectivity index (χ2v) is 6.60. The topological polar surface area (TPSA) is 71.2 Å². The molecule has 0 saturated carbocycles. The highest BCUT2D eigenvalue weighted by atomic mass is 19.1. The summed E-state index contributed by atoms with van der Waals surface area (Å²) in [6.07, 6.45) is 0.0930. The molecule has 5 nitrogen and oxygen atoms in total. The van der Waals surface area contributed by atoms with Crippen LogP contribution in [0.1, 0.15) is 32.7 Å². The summed E-state index contributed by atoms with van der Waals surface area (Å²) in [6.45, 7) is 5.55. The number of halogens is 1. The highest BCUT2D eigenvalue weighted by molar-refractivity contribution is 5.98. The molecule has 0 aliphatic rings. The number of hydrogen-bond acceptors (Lipinski definition) is 3. The third-order valence-corrected chi connectivity index (χ3v) is 4.78. The van der Waals surface area contributed by atoms with Gasteiger partial charge in [0.15, 0.2) is 0 Å². The number of aromatic amines is 1. The number of hydrogen-bond donors (Lipinski definition) is 2. The van der Waals surface area contributed by atoms with Crippen LogP contribution in [0.2, 0.25) is 0 Å². The molecule has 3 aromatic rings. The summed E-state index contributed by atoms with van der Waals surface area (Å²) >= 11 is 0. The van der Waals surface area contributed by atoms with Crippen LogP contribution in [0.15, 0.2) is 30.3 Å². The third-order valence-electron chi connectivity index (χ3n) is 4.78. The van der Waals surface area contributed by atoms with Gasteiger partial charge in [-0.1, -0.05) is 0 Å². The Labute approximate surface area is 156 Å². The molecule has 1 aromatic heterocycles. The van der Waals surface area contributed by atoms with Gasteiger partial charge in [-0.05, 0) is 67.8 Å². The fourth-order valence-corrected chi connectivity index (χ4v) is 3.20. The van der Waals surface area contributed by atoms with Crippen LogP contribution in [0.4, 0.5) is 10.1 Å². The lowest BCUT2D eigenvalue weighted by Crippen LogP contribution is -2.16. The first-order valence-corrected chi connectivity index (χ1v) is 8.56. The Morgan fingerprint density at radius 2 is 1.89 bits per heavy atom. The van der Waals surface area contributed by atoms with Crippen molar-refractivity contribution >= 4 is 28.5 Å². The van der Waals surface area contributed by atoms with Gasteiger partial charge in [-0.25, -0.2) is 9.18 Å².